The number of rotatable bonds is 2. The first-order valence-corrected chi connectivity index (χ1v) is 6.16. The van der Waals surface area contributed by atoms with Gasteiger partial charge in [0, 0.05) is 29.7 Å². The van der Waals surface area contributed by atoms with E-state index >= 15 is 0 Å². The maximum Gasteiger partial charge on any atom is 0.323 e. The number of carbonyl (C=O) groups is 1. The maximum atomic E-state index is 11.0. The zero-order chi connectivity index (χ0) is 12.7. The molecule has 0 saturated heterocycles. The second kappa shape index (κ2) is 4.14. The van der Waals surface area contributed by atoms with Crippen LogP contribution in [0.15, 0.2) is 24.3 Å². The summed E-state index contributed by atoms with van der Waals surface area (Å²) in [5.74, 6) is -0.785. The summed E-state index contributed by atoms with van der Waals surface area (Å²) in [6.07, 6.45) is 0.999. The van der Waals surface area contributed by atoms with Crippen LogP contribution >= 0.6 is 0 Å². The van der Waals surface area contributed by atoms with Gasteiger partial charge in [-0.3, -0.25) is 4.79 Å². The SMILES string of the molecule is CN1CCc2c(n(CC(=O)O)c3ccccc23)C1. The lowest BCUT2D eigenvalue weighted by molar-refractivity contribution is -0.137. The Morgan fingerprint density at radius 2 is 2.17 bits per heavy atom. The maximum absolute atomic E-state index is 11.0. The Bertz CT molecular complexity index is 616. The van der Waals surface area contributed by atoms with Crippen molar-refractivity contribution in [1.29, 1.82) is 0 Å². The first-order chi connectivity index (χ1) is 8.66. The molecule has 1 aromatic heterocycles. The number of benzene rings is 1. The minimum absolute atomic E-state index is 0.0453. The molecule has 0 atom stereocenters. The molecule has 0 amide bonds. The van der Waals surface area contributed by atoms with E-state index in [1.54, 1.807) is 0 Å². The topological polar surface area (TPSA) is 45.5 Å². The molecule has 0 bridgehead atoms. The van der Waals surface area contributed by atoms with Crippen LogP contribution in [0.5, 0.6) is 0 Å². The van der Waals surface area contributed by atoms with Gasteiger partial charge >= 0.3 is 5.97 Å². The van der Waals surface area contributed by atoms with Gasteiger partial charge in [0.1, 0.15) is 6.54 Å². The quantitative estimate of drug-likeness (QED) is 0.874. The highest BCUT2D eigenvalue weighted by Crippen LogP contribution is 2.30. The third-order valence-corrected chi connectivity index (χ3v) is 3.65. The van der Waals surface area contributed by atoms with Crippen LogP contribution in [0.2, 0.25) is 0 Å². The molecule has 1 aromatic carbocycles. The van der Waals surface area contributed by atoms with E-state index < -0.39 is 5.97 Å². The number of carboxylic acids is 1. The Morgan fingerprint density at radius 1 is 1.39 bits per heavy atom. The van der Waals surface area contributed by atoms with Crippen molar-refractivity contribution in [3.63, 3.8) is 0 Å². The van der Waals surface area contributed by atoms with E-state index in [0.29, 0.717) is 0 Å². The van der Waals surface area contributed by atoms with Crippen LogP contribution in [0.1, 0.15) is 11.3 Å². The molecule has 1 aliphatic heterocycles. The number of fused-ring (bicyclic) bond motifs is 3. The van der Waals surface area contributed by atoms with Crippen molar-refractivity contribution in [3.05, 3.63) is 35.5 Å². The molecule has 0 saturated carbocycles. The first kappa shape index (κ1) is 11.3. The van der Waals surface area contributed by atoms with E-state index in [1.807, 2.05) is 22.8 Å². The van der Waals surface area contributed by atoms with Crippen molar-refractivity contribution in [3.8, 4) is 0 Å². The van der Waals surface area contributed by atoms with Crippen molar-refractivity contribution in [2.24, 2.45) is 0 Å². The first-order valence-electron chi connectivity index (χ1n) is 6.16. The number of aliphatic carboxylic acids is 1. The van der Waals surface area contributed by atoms with E-state index in [-0.39, 0.29) is 6.54 Å². The van der Waals surface area contributed by atoms with Crippen LogP contribution in [-0.4, -0.2) is 34.1 Å². The fraction of sp³-hybridized carbons (Fsp3) is 0.357. The highest BCUT2D eigenvalue weighted by molar-refractivity contribution is 5.87. The summed E-state index contributed by atoms with van der Waals surface area (Å²) in [5, 5.41) is 10.3. The summed E-state index contributed by atoms with van der Waals surface area (Å²) < 4.78 is 1.95. The van der Waals surface area contributed by atoms with Gasteiger partial charge in [0.2, 0.25) is 0 Å². The second-order valence-corrected chi connectivity index (χ2v) is 4.91. The van der Waals surface area contributed by atoms with Gasteiger partial charge in [-0.1, -0.05) is 18.2 Å². The number of hydrogen-bond donors (Lipinski definition) is 1. The third kappa shape index (κ3) is 1.69. The number of likely N-dealkylation sites (N-methyl/N-ethyl adjacent to an activating group) is 1. The average molecular weight is 244 g/mol. The molecule has 3 rings (SSSR count). The number of carboxylic acid groups (broad SMARTS) is 1. The molecule has 18 heavy (non-hydrogen) atoms. The number of aromatic nitrogens is 1. The monoisotopic (exact) mass is 244 g/mol. The minimum atomic E-state index is -0.785. The van der Waals surface area contributed by atoms with Crippen molar-refractivity contribution in [2.45, 2.75) is 19.5 Å². The van der Waals surface area contributed by atoms with E-state index in [0.717, 1.165) is 30.7 Å². The van der Waals surface area contributed by atoms with Crippen LogP contribution in [0.25, 0.3) is 10.9 Å². The van der Waals surface area contributed by atoms with Gasteiger partial charge in [-0.15, -0.1) is 0 Å². The molecule has 2 heterocycles. The summed E-state index contributed by atoms with van der Waals surface area (Å²) in [7, 11) is 2.08. The fourth-order valence-corrected chi connectivity index (χ4v) is 2.84. The van der Waals surface area contributed by atoms with Gasteiger partial charge in [0.25, 0.3) is 0 Å². The zero-order valence-corrected chi connectivity index (χ0v) is 10.4. The van der Waals surface area contributed by atoms with E-state index in [9.17, 15) is 4.79 Å². The molecule has 1 N–H and O–H groups in total. The zero-order valence-electron chi connectivity index (χ0n) is 10.4. The van der Waals surface area contributed by atoms with Gasteiger partial charge in [-0.05, 0) is 25.1 Å². The van der Waals surface area contributed by atoms with Crippen LogP contribution in [0, 0.1) is 0 Å². The predicted molar refractivity (Wildman–Crippen MR) is 69.6 cm³/mol. The third-order valence-electron chi connectivity index (χ3n) is 3.65. The molecule has 0 unspecified atom stereocenters. The normalized spacial score (nSPS) is 15.8. The summed E-state index contributed by atoms with van der Waals surface area (Å²) in [4.78, 5) is 13.3. The van der Waals surface area contributed by atoms with Crippen molar-refractivity contribution in [1.82, 2.24) is 9.47 Å². The van der Waals surface area contributed by atoms with Gasteiger partial charge in [0.05, 0.1) is 0 Å². The standard InChI is InChI=1S/C14H16N2O2/c1-15-7-6-11-10-4-2-3-5-12(10)16(9-14(17)18)13(11)8-15/h2-5H,6-9H2,1H3,(H,17,18). The molecular weight excluding hydrogens is 228 g/mol. The molecule has 4 nitrogen and oxygen atoms in total. The molecular formula is C14H16N2O2. The van der Waals surface area contributed by atoms with Crippen LogP contribution < -0.4 is 0 Å². The fourth-order valence-electron chi connectivity index (χ4n) is 2.84. The van der Waals surface area contributed by atoms with Gasteiger partial charge in [-0.2, -0.15) is 0 Å². The highest BCUT2D eigenvalue weighted by atomic mass is 16.4. The summed E-state index contributed by atoms with van der Waals surface area (Å²) >= 11 is 0. The predicted octanol–water partition coefficient (Wildman–Crippen LogP) is 1.71. The van der Waals surface area contributed by atoms with Crippen LogP contribution in [0.4, 0.5) is 0 Å². The van der Waals surface area contributed by atoms with E-state index in [1.165, 1.54) is 10.9 Å². The van der Waals surface area contributed by atoms with Crippen molar-refractivity contribution < 1.29 is 9.90 Å². The van der Waals surface area contributed by atoms with Gasteiger partial charge in [-0.25, -0.2) is 0 Å². The van der Waals surface area contributed by atoms with E-state index in [4.69, 9.17) is 5.11 Å². The lowest BCUT2D eigenvalue weighted by Crippen LogP contribution is -2.28. The molecule has 4 heteroatoms. The average Bonchev–Trinajstić information content (AvgIpc) is 2.63. The lowest BCUT2D eigenvalue weighted by atomic mass is 10.0. The summed E-state index contributed by atoms with van der Waals surface area (Å²) in [6.45, 7) is 1.91. The Balaban J connectivity index is 2.24. The molecule has 0 fully saturated rings. The molecule has 94 valence electrons. The minimum Gasteiger partial charge on any atom is -0.480 e. The van der Waals surface area contributed by atoms with Crippen LogP contribution in [0.3, 0.4) is 0 Å². The van der Waals surface area contributed by atoms with Gasteiger partial charge in [0.15, 0.2) is 0 Å². The highest BCUT2D eigenvalue weighted by Gasteiger charge is 2.22. The summed E-state index contributed by atoms with van der Waals surface area (Å²) in [6, 6.07) is 8.09. The van der Waals surface area contributed by atoms with Crippen molar-refractivity contribution >= 4 is 16.9 Å². The Morgan fingerprint density at radius 3 is 2.94 bits per heavy atom. The second-order valence-electron chi connectivity index (χ2n) is 4.91. The Kier molecular flexibility index (Phi) is 2.59. The molecule has 0 spiro atoms. The lowest BCUT2D eigenvalue weighted by Gasteiger charge is -2.24. The van der Waals surface area contributed by atoms with Gasteiger partial charge < -0.3 is 14.6 Å². The Hall–Kier alpha value is -1.81. The van der Waals surface area contributed by atoms with E-state index in [2.05, 4.69) is 18.0 Å². The summed E-state index contributed by atoms with van der Waals surface area (Å²) in [5.41, 5.74) is 3.53. The van der Waals surface area contributed by atoms with Crippen LogP contribution in [-0.2, 0) is 24.3 Å². The number of nitrogens with zero attached hydrogens (tertiary/aromatic N) is 2. The molecule has 1 aliphatic rings. The van der Waals surface area contributed by atoms with Crippen molar-refractivity contribution in [2.75, 3.05) is 13.6 Å². The number of para-hydroxylation sites is 1. The molecule has 2 aromatic rings. The molecule has 0 aliphatic carbocycles. The number of hydrogen-bond acceptors (Lipinski definition) is 2. The smallest absolute Gasteiger partial charge is 0.323 e. The molecule has 0 radical (unpaired) electrons. The Labute approximate surface area is 105 Å². The largest absolute Gasteiger partial charge is 0.480 e.